The predicted octanol–water partition coefficient (Wildman–Crippen LogP) is 2.16. The number of thiophene rings is 1. The Morgan fingerprint density at radius 3 is 3.09 bits per heavy atom. The van der Waals surface area contributed by atoms with Gasteiger partial charge in [-0.1, -0.05) is 6.58 Å². The van der Waals surface area contributed by atoms with Crippen molar-refractivity contribution in [1.29, 1.82) is 0 Å². The van der Waals surface area contributed by atoms with Gasteiger partial charge < -0.3 is 9.47 Å². The minimum Gasteiger partial charge on any atom is -0.485 e. The van der Waals surface area contributed by atoms with E-state index < -0.39 is 0 Å². The minimum absolute atomic E-state index is 0.643. The molecule has 1 aliphatic heterocycles. The highest BCUT2D eigenvalue weighted by Gasteiger charge is 2.15. The van der Waals surface area contributed by atoms with Crippen LogP contribution < -0.4 is 9.47 Å². The molecule has 1 aromatic rings. The first-order valence-corrected chi connectivity index (χ1v) is 4.29. The van der Waals surface area contributed by atoms with Gasteiger partial charge in [0.15, 0.2) is 11.5 Å². The normalized spacial score (nSPS) is 14.5. The van der Waals surface area contributed by atoms with Gasteiger partial charge in [0.1, 0.15) is 13.2 Å². The predicted molar refractivity (Wildman–Crippen MR) is 45.4 cm³/mol. The van der Waals surface area contributed by atoms with Crippen LogP contribution >= 0.6 is 11.3 Å². The third-order valence-electron chi connectivity index (χ3n) is 1.51. The summed E-state index contributed by atoms with van der Waals surface area (Å²) in [7, 11) is 0. The summed E-state index contributed by atoms with van der Waals surface area (Å²) in [4.78, 5) is 1.06. The van der Waals surface area contributed by atoms with Crippen LogP contribution in [0.5, 0.6) is 11.5 Å². The molecule has 2 nitrogen and oxygen atoms in total. The maximum absolute atomic E-state index is 5.40. The molecule has 11 heavy (non-hydrogen) atoms. The average molecular weight is 168 g/mol. The van der Waals surface area contributed by atoms with Crippen LogP contribution in [0.3, 0.4) is 0 Å². The number of hydrogen-bond donors (Lipinski definition) is 0. The fourth-order valence-electron chi connectivity index (χ4n) is 1.02. The molecule has 0 amide bonds. The SMILES string of the molecule is C=Cc1scc2c1OCCO2. The van der Waals surface area contributed by atoms with Crippen LogP contribution in [0.1, 0.15) is 4.88 Å². The molecule has 2 heterocycles. The summed E-state index contributed by atoms with van der Waals surface area (Å²) in [6.45, 7) is 4.98. The van der Waals surface area contributed by atoms with E-state index in [9.17, 15) is 0 Å². The maximum atomic E-state index is 5.40. The first-order chi connectivity index (χ1) is 5.42. The molecule has 2 rings (SSSR count). The fourth-order valence-corrected chi connectivity index (χ4v) is 1.80. The van der Waals surface area contributed by atoms with Gasteiger partial charge in [-0.2, -0.15) is 0 Å². The molecule has 3 heteroatoms. The Morgan fingerprint density at radius 1 is 1.45 bits per heavy atom. The molecule has 0 radical (unpaired) electrons. The molecular formula is C8H8O2S. The molecule has 0 aromatic carbocycles. The van der Waals surface area contributed by atoms with E-state index in [4.69, 9.17) is 9.47 Å². The van der Waals surface area contributed by atoms with Crippen molar-refractivity contribution in [3.63, 3.8) is 0 Å². The lowest BCUT2D eigenvalue weighted by Crippen LogP contribution is -2.14. The Labute approximate surface area is 69.1 Å². The van der Waals surface area contributed by atoms with Crippen molar-refractivity contribution in [3.8, 4) is 11.5 Å². The molecule has 0 fully saturated rings. The van der Waals surface area contributed by atoms with Crippen molar-refractivity contribution in [2.75, 3.05) is 13.2 Å². The second kappa shape index (κ2) is 2.58. The van der Waals surface area contributed by atoms with Crippen LogP contribution in [0.4, 0.5) is 0 Å². The van der Waals surface area contributed by atoms with E-state index in [0.717, 1.165) is 16.4 Å². The van der Waals surface area contributed by atoms with E-state index in [1.807, 2.05) is 5.38 Å². The van der Waals surface area contributed by atoms with E-state index >= 15 is 0 Å². The lowest BCUT2D eigenvalue weighted by atomic mass is 10.4. The first kappa shape index (κ1) is 6.73. The van der Waals surface area contributed by atoms with Crippen molar-refractivity contribution >= 4 is 17.4 Å². The zero-order valence-electron chi connectivity index (χ0n) is 6.00. The van der Waals surface area contributed by atoms with Gasteiger partial charge in [0.2, 0.25) is 0 Å². The molecule has 0 unspecified atom stereocenters. The van der Waals surface area contributed by atoms with Crippen molar-refractivity contribution in [2.24, 2.45) is 0 Å². The van der Waals surface area contributed by atoms with E-state index in [1.165, 1.54) is 0 Å². The molecule has 0 N–H and O–H groups in total. The van der Waals surface area contributed by atoms with Crippen molar-refractivity contribution in [2.45, 2.75) is 0 Å². The van der Waals surface area contributed by atoms with Crippen molar-refractivity contribution in [3.05, 3.63) is 16.8 Å². The van der Waals surface area contributed by atoms with Crippen LogP contribution in [0.2, 0.25) is 0 Å². The Hall–Kier alpha value is -0.960. The van der Waals surface area contributed by atoms with E-state index in [1.54, 1.807) is 17.4 Å². The Balaban J connectivity index is 2.45. The standard InChI is InChI=1S/C8H8O2S/c1-2-7-8-6(5-11-7)9-3-4-10-8/h2,5H,1,3-4H2. The van der Waals surface area contributed by atoms with Gasteiger partial charge in [-0.15, -0.1) is 11.3 Å². The van der Waals surface area contributed by atoms with Gasteiger partial charge in [-0.25, -0.2) is 0 Å². The molecule has 0 atom stereocenters. The summed E-state index contributed by atoms with van der Waals surface area (Å²) in [6, 6.07) is 0. The maximum Gasteiger partial charge on any atom is 0.179 e. The molecule has 1 aromatic heterocycles. The Morgan fingerprint density at radius 2 is 2.27 bits per heavy atom. The Bertz CT molecular complexity index is 278. The fraction of sp³-hybridized carbons (Fsp3) is 0.250. The smallest absolute Gasteiger partial charge is 0.179 e. The van der Waals surface area contributed by atoms with Crippen LogP contribution in [-0.4, -0.2) is 13.2 Å². The highest BCUT2D eigenvalue weighted by atomic mass is 32.1. The quantitative estimate of drug-likeness (QED) is 0.639. The molecule has 0 aliphatic carbocycles. The van der Waals surface area contributed by atoms with Gasteiger partial charge in [0.25, 0.3) is 0 Å². The summed E-state index contributed by atoms with van der Waals surface area (Å²) < 4.78 is 10.7. The van der Waals surface area contributed by atoms with Gasteiger partial charge in [0, 0.05) is 5.38 Å². The third kappa shape index (κ3) is 1.01. The van der Waals surface area contributed by atoms with Gasteiger partial charge in [-0.3, -0.25) is 0 Å². The van der Waals surface area contributed by atoms with Crippen LogP contribution in [0.25, 0.3) is 6.08 Å². The minimum atomic E-state index is 0.643. The summed E-state index contributed by atoms with van der Waals surface area (Å²) in [5.74, 6) is 1.72. The zero-order valence-corrected chi connectivity index (χ0v) is 6.82. The summed E-state index contributed by atoms with van der Waals surface area (Å²) in [5.41, 5.74) is 0. The highest BCUT2D eigenvalue weighted by molar-refractivity contribution is 7.11. The second-order valence-corrected chi connectivity index (χ2v) is 3.11. The largest absolute Gasteiger partial charge is 0.485 e. The van der Waals surface area contributed by atoms with E-state index in [0.29, 0.717) is 13.2 Å². The molecule has 1 aliphatic rings. The lowest BCUT2D eigenvalue weighted by molar-refractivity contribution is 0.173. The molecule has 0 bridgehead atoms. The average Bonchev–Trinajstić information content (AvgIpc) is 2.47. The summed E-state index contributed by atoms with van der Waals surface area (Å²) in [5, 5.41) is 1.95. The first-order valence-electron chi connectivity index (χ1n) is 3.41. The molecular weight excluding hydrogens is 160 g/mol. The molecule has 0 saturated carbocycles. The molecule has 0 spiro atoms. The Kier molecular flexibility index (Phi) is 1.58. The zero-order chi connectivity index (χ0) is 7.68. The number of fused-ring (bicyclic) bond motifs is 1. The highest BCUT2D eigenvalue weighted by Crippen LogP contribution is 2.39. The third-order valence-corrected chi connectivity index (χ3v) is 2.45. The number of ether oxygens (including phenoxy) is 2. The van der Waals surface area contributed by atoms with Crippen LogP contribution in [0, 0.1) is 0 Å². The number of hydrogen-bond acceptors (Lipinski definition) is 3. The van der Waals surface area contributed by atoms with Crippen LogP contribution in [0.15, 0.2) is 12.0 Å². The van der Waals surface area contributed by atoms with E-state index in [-0.39, 0.29) is 0 Å². The molecule has 0 saturated heterocycles. The van der Waals surface area contributed by atoms with Gasteiger partial charge >= 0.3 is 0 Å². The van der Waals surface area contributed by atoms with Gasteiger partial charge in [0.05, 0.1) is 4.88 Å². The van der Waals surface area contributed by atoms with Crippen molar-refractivity contribution in [1.82, 2.24) is 0 Å². The van der Waals surface area contributed by atoms with Gasteiger partial charge in [-0.05, 0) is 6.08 Å². The monoisotopic (exact) mass is 168 g/mol. The topological polar surface area (TPSA) is 18.5 Å². The van der Waals surface area contributed by atoms with Crippen LogP contribution in [-0.2, 0) is 0 Å². The molecule has 58 valence electrons. The second-order valence-electron chi connectivity index (χ2n) is 2.19. The van der Waals surface area contributed by atoms with E-state index in [2.05, 4.69) is 6.58 Å². The summed E-state index contributed by atoms with van der Waals surface area (Å²) in [6.07, 6.45) is 1.79. The number of rotatable bonds is 1. The summed E-state index contributed by atoms with van der Waals surface area (Å²) >= 11 is 1.60. The van der Waals surface area contributed by atoms with Crippen molar-refractivity contribution < 1.29 is 9.47 Å². The lowest BCUT2D eigenvalue weighted by Gasteiger charge is -2.14.